The first-order valence-electron chi connectivity index (χ1n) is 12.5. The molecule has 0 saturated carbocycles. The summed E-state index contributed by atoms with van der Waals surface area (Å²) in [6, 6.07) is 11.0. The number of nitrogens with one attached hydrogen (secondary N) is 1. The van der Waals surface area contributed by atoms with Crippen LogP contribution in [0.15, 0.2) is 47.4 Å². The van der Waals surface area contributed by atoms with Gasteiger partial charge in [-0.05, 0) is 61.2 Å². The molecule has 0 bridgehead atoms. The summed E-state index contributed by atoms with van der Waals surface area (Å²) < 4.78 is 27.8. The number of fused-ring (bicyclic) bond motifs is 1. The topological polar surface area (TPSA) is 86.8 Å². The Morgan fingerprint density at radius 1 is 1.00 bits per heavy atom. The smallest absolute Gasteiger partial charge is 0.265 e. The summed E-state index contributed by atoms with van der Waals surface area (Å²) in [4.78, 5) is 29.6. The van der Waals surface area contributed by atoms with Crippen LogP contribution in [0.5, 0.6) is 0 Å². The van der Waals surface area contributed by atoms with Crippen molar-refractivity contribution in [2.45, 2.75) is 64.3 Å². The zero-order valence-electron chi connectivity index (χ0n) is 21.3. The number of anilines is 1. The Balaban J connectivity index is 1.98. The average Bonchev–Trinajstić information content (AvgIpc) is 2.79. The van der Waals surface area contributed by atoms with Gasteiger partial charge in [0.05, 0.1) is 5.02 Å². The first-order chi connectivity index (χ1) is 17.1. The van der Waals surface area contributed by atoms with Crippen LogP contribution in [0.4, 0.5) is 5.69 Å². The van der Waals surface area contributed by atoms with Crippen molar-refractivity contribution < 1.29 is 18.0 Å². The number of benzene rings is 2. The van der Waals surface area contributed by atoms with Crippen molar-refractivity contribution >= 4 is 39.1 Å². The maximum absolute atomic E-state index is 13.1. The second-order valence-corrected chi connectivity index (χ2v) is 11.8. The minimum atomic E-state index is -4.15. The highest BCUT2D eigenvalue weighted by Crippen LogP contribution is 2.27. The van der Waals surface area contributed by atoms with Crippen LogP contribution in [0.25, 0.3) is 0 Å². The molecule has 0 saturated heterocycles. The molecule has 0 unspecified atom stereocenters. The van der Waals surface area contributed by atoms with Gasteiger partial charge in [-0.2, -0.15) is 0 Å². The van der Waals surface area contributed by atoms with Crippen LogP contribution in [-0.2, 0) is 21.4 Å². The van der Waals surface area contributed by atoms with E-state index in [1.807, 2.05) is 0 Å². The number of sulfonamides is 1. The first-order valence-corrected chi connectivity index (χ1v) is 14.4. The molecule has 0 aliphatic carbocycles. The highest BCUT2D eigenvalue weighted by Gasteiger charge is 2.24. The average molecular weight is 534 g/mol. The number of carbonyl (C=O) groups excluding carboxylic acids is 2. The molecule has 1 aliphatic rings. The van der Waals surface area contributed by atoms with E-state index in [0.717, 1.165) is 56.4 Å². The van der Waals surface area contributed by atoms with Crippen molar-refractivity contribution in [2.75, 3.05) is 24.5 Å². The summed E-state index contributed by atoms with van der Waals surface area (Å²) in [6.07, 6.45) is 5.35. The van der Waals surface area contributed by atoms with E-state index in [2.05, 4.69) is 23.5 Å². The van der Waals surface area contributed by atoms with Crippen molar-refractivity contribution in [2.24, 2.45) is 5.92 Å². The van der Waals surface area contributed by atoms with E-state index in [4.69, 9.17) is 11.6 Å². The Morgan fingerprint density at radius 3 is 2.33 bits per heavy atom. The molecule has 36 heavy (non-hydrogen) atoms. The molecule has 2 aromatic carbocycles. The first kappa shape index (κ1) is 28.2. The molecule has 1 N–H and O–H groups in total. The van der Waals surface area contributed by atoms with Gasteiger partial charge in [0.1, 0.15) is 4.90 Å². The second kappa shape index (κ2) is 12.7. The molecule has 9 heteroatoms. The molecule has 2 aromatic rings. The van der Waals surface area contributed by atoms with Gasteiger partial charge in [0.2, 0.25) is 5.91 Å². The van der Waals surface area contributed by atoms with Gasteiger partial charge in [-0.15, -0.1) is 0 Å². The van der Waals surface area contributed by atoms with Crippen molar-refractivity contribution in [3.05, 3.63) is 58.6 Å². The number of amides is 2. The number of hydrogen-bond acceptors (Lipinski definition) is 5. The van der Waals surface area contributed by atoms with Crippen LogP contribution >= 0.6 is 11.6 Å². The number of halogens is 1. The summed E-state index contributed by atoms with van der Waals surface area (Å²) >= 11 is 6.05. The van der Waals surface area contributed by atoms with E-state index in [1.165, 1.54) is 12.1 Å². The third-order valence-corrected chi connectivity index (χ3v) is 8.07. The molecular formula is C27H36ClN3O4S. The molecular weight excluding hydrogens is 498 g/mol. The van der Waals surface area contributed by atoms with Gasteiger partial charge in [-0.3, -0.25) is 14.5 Å². The van der Waals surface area contributed by atoms with Crippen LogP contribution < -0.4 is 9.62 Å². The van der Waals surface area contributed by atoms with Gasteiger partial charge in [0.25, 0.3) is 15.9 Å². The molecule has 1 heterocycles. The SMILES string of the molecule is CC(=O)N1CCCCCCCN(CC(C)C)Cc2cc(C(=O)NS(=O)(=O)c3ccccc3Cl)ccc21. The summed E-state index contributed by atoms with van der Waals surface area (Å²) in [6.45, 7) is 8.88. The molecule has 0 aromatic heterocycles. The van der Waals surface area contributed by atoms with Crippen molar-refractivity contribution in [1.82, 2.24) is 9.62 Å². The lowest BCUT2D eigenvalue weighted by Crippen LogP contribution is -2.34. The lowest BCUT2D eigenvalue weighted by atomic mass is 10.0. The fourth-order valence-electron chi connectivity index (χ4n) is 4.59. The quantitative estimate of drug-likeness (QED) is 0.568. The normalized spacial score (nSPS) is 16.1. The van der Waals surface area contributed by atoms with E-state index in [9.17, 15) is 18.0 Å². The molecule has 3 rings (SSSR count). The Morgan fingerprint density at radius 2 is 1.67 bits per heavy atom. The molecule has 0 fully saturated rings. The van der Waals surface area contributed by atoms with Crippen LogP contribution in [0.3, 0.4) is 0 Å². The lowest BCUT2D eigenvalue weighted by Gasteiger charge is -2.30. The number of carbonyl (C=O) groups is 2. The maximum Gasteiger partial charge on any atom is 0.265 e. The minimum absolute atomic E-state index is 0.0386. The van der Waals surface area contributed by atoms with Gasteiger partial charge in [-0.1, -0.05) is 56.8 Å². The minimum Gasteiger partial charge on any atom is -0.312 e. The van der Waals surface area contributed by atoms with Crippen molar-refractivity contribution in [1.29, 1.82) is 0 Å². The summed E-state index contributed by atoms with van der Waals surface area (Å²) in [5, 5.41) is 0.0386. The molecule has 0 spiro atoms. The number of hydrogen-bond donors (Lipinski definition) is 1. The molecule has 0 radical (unpaired) electrons. The monoisotopic (exact) mass is 533 g/mol. The number of nitrogens with zero attached hydrogens (tertiary/aromatic N) is 2. The largest absolute Gasteiger partial charge is 0.312 e. The van der Waals surface area contributed by atoms with E-state index in [-0.39, 0.29) is 21.4 Å². The highest BCUT2D eigenvalue weighted by molar-refractivity contribution is 7.90. The van der Waals surface area contributed by atoms with Gasteiger partial charge in [-0.25, -0.2) is 13.1 Å². The molecule has 0 atom stereocenters. The molecule has 7 nitrogen and oxygen atoms in total. The van der Waals surface area contributed by atoms with E-state index >= 15 is 0 Å². The molecule has 2 amide bonds. The lowest BCUT2D eigenvalue weighted by molar-refractivity contribution is -0.116. The van der Waals surface area contributed by atoms with E-state index in [0.29, 0.717) is 19.0 Å². The fraction of sp³-hybridized carbons (Fsp3) is 0.481. The molecule has 196 valence electrons. The van der Waals surface area contributed by atoms with Gasteiger partial charge >= 0.3 is 0 Å². The standard InChI is InChI=1S/C27H36ClN3O4S/c1-20(2)18-30-15-9-5-4-6-10-16-31(21(3)32)25-14-13-22(17-23(25)19-30)27(33)29-36(34,35)26-12-8-7-11-24(26)28/h7-8,11-14,17,20H,4-6,9-10,15-16,18-19H2,1-3H3,(H,29,33). The van der Waals surface area contributed by atoms with Crippen LogP contribution in [-0.4, -0.2) is 44.8 Å². The van der Waals surface area contributed by atoms with Crippen molar-refractivity contribution in [3.63, 3.8) is 0 Å². The van der Waals surface area contributed by atoms with Crippen LogP contribution in [0.1, 0.15) is 68.8 Å². The van der Waals surface area contributed by atoms with E-state index < -0.39 is 15.9 Å². The van der Waals surface area contributed by atoms with E-state index in [1.54, 1.807) is 42.2 Å². The maximum atomic E-state index is 13.1. The Bertz CT molecular complexity index is 1180. The third-order valence-electron chi connectivity index (χ3n) is 6.24. The van der Waals surface area contributed by atoms with Gasteiger partial charge in [0, 0.05) is 37.8 Å². The zero-order valence-corrected chi connectivity index (χ0v) is 22.9. The third kappa shape index (κ3) is 7.54. The van der Waals surface area contributed by atoms with Gasteiger partial charge < -0.3 is 4.90 Å². The Kier molecular flexibility index (Phi) is 9.93. The summed E-state index contributed by atoms with van der Waals surface area (Å²) in [5.41, 5.74) is 1.81. The van der Waals surface area contributed by atoms with Crippen molar-refractivity contribution in [3.8, 4) is 0 Å². The number of rotatable bonds is 5. The Hall–Kier alpha value is -2.42. The zero-order chi connectivity index (χ0) is 26.3. The fourth-order valence-corrected chi connectivity index (χ4v) is 6.09. The predicted octanol–water partition coefficient (Wildman–Crippen LogP) is 5.23. The van der Waals surface area contributed by atoms with Crippen LogP contribution in [0.2, 0.25) is 5.02 Å². The summed E-state index contributed by atoms with van der Waals surface area (Å²) in [7, 11) is -4.15. The van der Waals surface area contributed by atoms with Gasteiger partial charge in [0.15, 0.2) is 0 Å². The molecule has 1 aliphatic heterocycles. The van der Waals surface area contributed by atoms with Crippen LogP contribution in [0, 0.1) is 5.92 Å². The summed E-state index contributed by atoms with van der Waals surface area (Å²) in [5.74, 6) is -0.339. The second-order valence-electron chi connectivity index (χ2n) is 9.78. The predicted molar refractivity (Wildman–Crippen MR) is 144 cm³/mol. The Labute approximate surface area is 219 Å². The highest BCUT2D eigenvalue weighted by atomic mass is 35.5.